The number of anilines is 1. The maximum Gasteiger partial charge on any atom is 0.269 e. The number of thioether (sulfide) groups is 1. The number of benzene rings is 2. The van der Waals surface area contributed by atoms with Crippen molar-refractivity contribution < 1.29 is 14.5 Å². The van der Waals surface area contributed by atoms with Crippen molar-refractivity contribution in [2.45, 2.75) is 39.1 Å². The summed E-state index contributed by atoms with van der Waals surface area (Å²) < 4.78 is 7.81. The zero-order chi connectivity index (χ0) is 22.4. The molecular weight excluding hydrogens is 418 g/mol. The number of carbonyl (C=O) groups excluding carboxylic acids is 1. The van der Waals surface area contributed by atoms with Crippen molar-refractivity contribution in [3.63, 3.8) is 0 Å². The van der Waals surface area contributed by atoms with E-state index in [4.69, 9.17) is 4.74 Å². The van der Waals surface area contributed by atoms with Crippen LogP contribution < -0.4 is 10.1 Å². The first-order valence-corrected chi connectivity index (χ1v) is 10.6. The summed E-state index contributed by atoms with van der Waals surface area (Å²) in [5.41, 5.74) is 2.70. The van der Waals surface area contributed by atoms with E-state index >= 15 is 0 Å². The van der Waals surface area contributed by atoms with Crippen LogP contribution in [0.2, 0.25) is 0 Å². The standard InChI is InChI=1S/C21H23N5O4S/c1-4-25-19(12-30-18-10-5-14(2)11-15(18)3)23-24-21(25)31-13-20(27)22-16-6-8-17(9-7-16)26(28)29/h5-11H,4,12-13H2,1-3H3,(H,22,27). The third-order valence-electron chi connectivity index (χ3n) is 4.49. The average Bonchev–Trinajstić information content (AvgIpc) is 3.14. The minimum atomic E-state index is -0.486. The highest BCUT2D eigenvalue weighted by atomic mass is 32.2. The van der Waals surface area contributed by atoms with E-state index in [2.05, 4.69) is 21.6 Å². The second-order valence-electron chi connectivity index (χ2n) is 6.84. The number of aryl methyl sites for hydroxylation is 2. The van der Waals surface area contributed by atoms with Crippen LogP contribution in [0.25, 0.3) is 0 Å². The van der Waals surface area contributed by atoms with Gasteiger partial charge in [0.05, 0.1) is 10.7 Å². The summed E-state index contributed by atoms with van der Waals surface area (Å²) >= 11 is 1.27. The van der Waals surface area contributed by atoms with Crippen LogP contribution in [0.4, 0.5) is 11.4 Å². The summed E-state index contributed by atoms with van der Waals surface area (Å²) in [4.78, 5) is 22.5. The Morgan fingerprint density at radius 2 is 1.94 bits per heavy atom. The summed E-state index contributed by atoms with van der Waals surface area (Å²) in [5, 5.41) is 22.4. The fourth-order valence-electron chi connectivity index (χ4n) is 2.95. The number of nitrogens with zero attached hydrogens (tertiary/aromatic N) is 4. The van der Waals surface area contributed by atoms with E-state index in [9.17, 15) is 14.9 Å². The van der Waals surface area contributed by atoms with Gasteiger partial charge in [-0.3, -0.25) is 14.9 Å². The smallest absolute Gasteiger partial charge is 0.269 e. The van der Waals surface area contributed by atoms with Gasteiger partial charge in [-0.05, 0) is 44.5 Å². The van der Waals surface area contributed by atoms with Gasteiger partial charge in [0, 0.05) is 24.4 Å². The molecule has 1 N–H and O–H groups in total. The molecule has 0 aliphatic heterocycles. The Kier molecular flexibility index (Phi) is 7.24. The molecule has 1 amide bonds. The van der Waals surface area contributed by atoms with Crippen molar-refractivity contribution in [2.24, 2.45) is 0 Å². The number of hydrogen-bond donors (Lipinski definition) is 1. The van der Waals surface area contributed by atoms with Crippen LogP contribution in [0.5, 0.6) is 5.75 Å². The molecule has 10 heteroatoms. The summed E-state index contributed by atoms with van der Waals surface area (Å²) in [6.07, 6.45) is 0. The van der Waals surface area contributed by atoms with Gasteiger partial charge >= 0.3 is 0 Å². The first kappa shape index (κ1) is 22.3. The molecule has 0 atom stereocenters. The van der Waals surface area contributed by atoms with E-state index in [-0.39, 0.29) is 24.0 Å². The molecule has 0 fully saturated rings. The minimum Gasteiger partial charge on any atom is -0.485 e. The number of aromatic nitrogens is 3. The number of nitro groups is 1. The lowest BCUT2D eigenvalue weighted by Gasteiger charge is -2.11. The van der Waals surface area contributed by atoms with Gasteiger partial charge in [-0.15, -0.1) is 10.2 Å². The predicted octanol–water partition coefficient (Wildman–Crippen LogP) is 4.13. The van der Waals surface area contributed by atoms with E-state index in [1.54, 1.807) is 0 Å². The van der Waals surface area contributed by atoms with Crippen LogP contribution in [-0.4, -0.2) is 31.3 Å². The number of non-ortho nitro benzene ring substituents is 1. The molecule has 0 aliphatic rings. The highest BCUT2D eigenvalue weighted by Gasteiger charge is 2.14. The Bertz CT molecular complexity index is 1080. The molecular formula is C21H23N5O4S. The molecule has 0 bridgehead atoms. The lowest BCUT2D eigenvalue weighted by molar-refractivity contribution is -0.384. The Balaban J connectivity index is 1.57. The predicted molar refractivity (Wildman–Crippen MR) is 118 cm³/mol. The molecule has 0 aliphatic carbocycles. The van der Waals surface area contributed by atoms with Gasteiger partial charge in [0.15, 0.2) is 11.0 Å². The summed E-state index contributed by atoms with van der Waals surface area (Å²) in [6.45, 7) is 6.93. The highest BCUT2D eigenvalue weighted by molar-refractivity contribution is 7.99. The van der Waals surface area contributed by atoms with Crippen LogP contribution in [-0.2, 0) is 17.9 Å². The van der Waals surface area contributed by atoms with Gasteiger partial charge in [0.25, 0.3) is 5.69 Å². The number of hydrogen-bond acceptors (Lipinski definition) is 7. The Morgan fingerprint density at radius 1 is 1.19 bits per heavy atom. The topological polar surface area (TPSA) is 112 Å². The van der Waals surface area contributed by atoms with Crippen molar-refractivity contribution >= 4 is 29.0 Å². The molecule has 0 saturated heterocycles. The van der Waals surface area contributed by atoms with Crippen molar-refractivity contribution in [1.82, 2.24) is 14.8 Å². The summed E-state index contributed by atoms with van der Waals surface area (Å²) in [7, 11) is 0. The summed E-state index contributed by atoms with van der Waals surface area (Å²) in [6, 6.07) is 11.7. The maximum atomic E-state index is 12.2. The number of rotatable bonds is 9. The quantitative estimate of drug-likeness (QED) is 0.302. The van der Waals surface area contributed by atoms with Gasteiger partial charge in [0.2, 0.25) is 5.91 Å². The van der Waals surface area contributed by atoms with Crippen LogP contribution in [0.1, 0.15) is 23.9 Å². The van der Waals surface area contributed by atoms with E-state index in [0.29, 0.717) is 23.2 Å². The highest BCUT2D eigenvalue weighted by Crippen LogP contribution is 2.22. The molecule has 0 spiro atoms. The van der Waals surface area contributed by atoms with Crippen molar-refractivity contribution in [2.75, 3.05) is 11.1 Å². The molecule has 0 saturated carbocycles. The molecule has 1 heterocycles. The van der Waals surface area contributed by atoms with Crippen LogP contribution in [0.3, 0.4) is 0 Å². The Labute approximate surface area is 184 Å². The SMILES string of the molecule is CCn1c(COc2ccc(C)cc2C)nnc1SCC(=O)Nc1ccc([N+](=O)[O-])cc1. The third kappa shape index (κ3) is 5.82. The zero-order valence-corrected chi connectivity index (χ0v) is 18.3. The van der Waals surface area contributed by atoms with Crippen LogP contribution >= 0.6 is 11.8 Å². The van der Waals surface area contributed by atoms with Crippen molar-refractivity contribution in [3.8, 4) is 5.75 Å². The minimum absolute atomic E-state index is 0.0287. The van der Waals surface area contributed by atoms with E-state index in [0.717, 1.165) is 11.3 Å². The monoisotopic (exact) mass is 441 g/mol. The molecule has 3 rings (SSSR count). The number of carbonyl (C=O) groups is 1. The van der Waals surface area contributed by atoms with Crippen molar-refractivity contribution in [3.05, 3.63) is 69.5 Å². The van der Waals surface area contributed by atoms with Gasteiger partial charge in [0.1, 0.15) is 12.4 Å². The maximum absolute atomic E-state index is 12.2. The molecule has 1 aromatic heterocycles. The van der Waals surface area contributed by atoms with E-state index in [1.165, 1.54) is 41.6 Å². The molecule has 3 aromatic rings. The van der Waals surface area contributed by atoms with Gasteiger partial charge in [-0.2, -0.15) is 0 Å². The molecule has 162 valence electrons. The lowest BCUT2D eigenvalue weighted by atomic mass is 10.1. The molecule has 0 unspecified atom stereocenters. The zero-order valence-electron chi connectivity index (χ0n) is 17.5. The normalized spacial score (nSPS) is 10.7. The second kappa shape index (κ2) is 10.1. The number of amides is 1. The lowest BCUT2D eigenvalue weighted by Crippen LogP contribution is -2.15. The third-order valence-corrected chi connectivity index (χ3v) is 5.46. The van der Waals surface area contributed by atoms with Gasteiger partial charge in [-0.1, -0.05) is 29.5 Å². The molecule has 0 radical (unpaired) electrons. The van der Waals surface area contributed by atoms with Crippen molar-refractivity contribution in [1.29, 1.82) is 0 Å². The first-order chi connectivity index (χ1) is 14.9. The number of nitro benzene ring substituents is 1. The van der Waals surface area contributed by atoms with Gasteiger partial charge in [-0.25, -0.2) is 0 Å². The van der Waals surface area contributed by atoms with E-state index in [1.807, 2.05) is 37.5 Å². The Morgan fingerprint density at radius 3 is 2.58 bits per heavy atom. The average molecular weight is 442 g/mol. The number of nitrogens with one attached hydrogen (secondary N) is 1. The molecule has 9 nitrogen and oxygen atoms in total. The van der Waals surface area contributed by atoms with E-state index < -0.39 is 4.92 Å². The largest absolute Gasteiger partial charge is 0.485 e. The fraction of sp³-hybridized carbons (Fsp3) is 0.286. The van der Waals surface area contributed by atoms with Crippen LogP contribution in [0.15, 0.2) is 47.6 Å². The second-order valence-corrected chi connectivity index (χ2v) is 7.78. The summed E-state index contributed by atoms with van der Waals surface area (Å²) in [5.74, 6) is 1.37. The van der Waals surface area contributed by atoms with Gasteiger partial charge < -0.3 is 14.6 Å². The molecule has 2 aromatic carbocycles. The first-order valence-electron chi connectivity index (χ1n) is 9.66. The Hall–Kier alpha value is -3.40. The van der Waals surface area contributed by atoms with Crippen LogP contribution in [0, 0.1) is 24.0 Å². The fourth-order valence-corrected chi connectivity index (χ4v) is 3.77. The number of ether oxygens (including phenoxy) is 1. The molecule has 31 heavy (non-hydrogen) atoms.